The smallest absolute Gasteiger partial charge is 0.310 e. The van der Waals surface area contributed by atoms with Gasteiger partial charge in [-0.05, 0) is 61.4 Å². The zero-order chi connectivity index (χ0) is 22.4. The van der Waals surface area contributed by atoms with Crippen molar-refractivity contribution >= 4 is 11.9 Å². The highest BCUT2D eigenvalue weighted by atomic mass is 16.5. The predicted octanol–water partition coefficient (Wildman–Crippen LogP) is 4.74. The molecule has 0 saturated heterocycles. The summed E-state index contributed by atoms with van der Waals surface area (Å²) in [6, 6.07) is 23.9. The van der Waals surface area contributed by atoms with Crippen LogP contribution in [-0.4, -0.2) is 17.0 Å². The zero-order valence-corrected chi connectivity index (χ0v) is 17.4. The highest BCUT2D eigenvalue weighted by Crippen LogP contribution is 2.36. The van der Waals surface area contributed by atoms with Gasteiger partial charge in [-0.1, -0.05) is 42.5 Å². The maximum Gasteiger partial charge on any atom is 0.310 e. The molecule has 0 spiro atoms. The van der Waals surface area contributed by atoms with Gasteiger partial charge in [-0.15, -0.1) is 0 Å². The number of aliphatic carboxylic acids is 1. The third kappa shape index (κ3) is 5.42. The summed E-state index contributed by atoms with van der Waals surface area (Å²) in [6.45, 7) is 3.30. The van der Waals surface area contributed by atoms with E-state index in [1.165, 1.54) is 13.8 Å². The number of primary amides is 1. The maximum atomic E-state index is 11.9. The second kappa shape index (κ2) is 9.34. The molecule has 1 unspecified atom stereocenters. The summed E-state index contributed by atoms with van der Waals surface area (Å²) in [6.07, 6.45) is 0. The second-order valence-corrected chi connectivity index (χ2v) is 7.78. The number of rotatable bonds is 9. The van der Waals surface area contributed by atoms with Gasteiger partial charge >= 0.3 is 5.97 Å². The van der Waals surface area contributed by atoms with E-state index in [9.17, 15) is 14.7 Å². The fourth-order valence-electron chi connectivity index (χ4n) is 3.31. The molecular formula is C25H25NO5. The first-order chi connectivity index (χ1) is 14.8. The number of carboxylic acids is 1. The van der Waals surface area contributed by atoms with E-state index in [0.29, 0.717) is 23.7 Å². The fraction of sp³-hybridized carbons (Fsp3) is 0.200. The Morgan fingerprint density at radius 3 is 2.16 bits per heavy atom. The molecule has 1 atom stereocenters. The van der Waals surface area contributed by atoms with Crippen LogP contribution in [0.15, 0.2) is 78.9 Å². The third-order valence-corrected chi connectivity index (χ3v) is 5.05. The lowest BCUT2D eigenvalue weighted by Gasteiger charge is -2.28. The molecule has 0 radical (unpaired) electrons. The van der Waals surface area contributed by atoms with Crippen molar-refractivity contribution in [2.24, 2.45) is 11.1 Å². The van der Waals surface area contributed by atoms with Gasteiger partial charge in [0.25, 0.3) is 0 Å². The molecule has 0 aromatic heterocycles. The molecule has 0 fully saturated rings. The number of para-hydroxylation sites is 1. The van der Waals surface area contributed by atoms with Crippen molar-refractivity contribution in [1.82, 2.24) is 0 Å². The van der Waals surface area contributed by atoms with Crippen molar-refractivity contribution < 1.29 is 24.2 Å². The molecule has 0 heterocycles. The molecule has 3 N–H and O–H groups in total. The van der Waals surface area contributed by atoms with Crippen molar-refractivity contribution in [3.8, 4) is 17.2 Å². The Hall–Kier alpha value is -3.80. The second-order valence-electron chi connectivity index (χ2n) is 7.78. The fourth-order valence-corrected chi connectivity index (χ4v) is 3.31. The van der Waals surface area contributed by atoms with Crippen LogP contribution in [0.3, 0.4) is 0 Å². The summed E-state index contributed by atoms with van der Waals surface area (Å²) in [7, 11) is 0. The van der Waals surface area contributed by atoms with Crippen LogP contribution in [-0.2, 0) is 16.2 Å². The Balaban J connectivity index is 1.67. The Bertz CT molecular complexity index is 1050. The van der Waals surface area contributed by atoms with Gasteiger partial charge in [-0.25, -0.2) is 0 Å². The SMILES string of the molecule is CC(C)(C(=O)O)C(C(N)=O)c1ccc(OCc2cccc(Oc3ccccc3)c2)cc1. The van der Waals surface area contributed by atoms with Crippen LogP contribution >= 0.6 is 0 Å². The molecule has 31 heavy (non-hydrogen) atoms. The number of carbonyl (C=O) groups is 2. The lowest BCUT2D eigenvalue weighted by Crippen LogP contribution is -2.39. The predicted molar refractivity (Wildman–Crippen MR) is 117 cm³/mol. The minimum absolute atomic E-state index is 0.325. The first-order valence-corrected chi connectivity index (χ1v) is 9.84. The standard InChI is InChI=1S/C25H25NO5/c1-25(2,24(28)29)22(23(26)27)18-11-13-19(14-12-18)30-16-17-7-6-10-21(15-17)31-20-8-4-3-5-9-20/h3-15,22H,16H2,1-2H3,(H2,26,27)(H,28,29). The average Bonchev–Trinajstić information content (AvgIpc) is 2.74. The topological polar surface area (TPSA) is 98.8 Å². The summed E-state index contributed by atoms with van der Waals surface area (Å²) >= 11 is 0. The van der Waals surface area contributed by atoms with Crippen LogP contribution in [0.4, 0.5) is 0 Å². The Labute approximate surface area is 181 Å². The quantitative estimate of drug-likeness (QED) is 0.522. The number of hydrogen-bond acceptors (Lipinski definition) is 4. The lowest BCUT2D eigenvalue weighted by atomic mass is 9.74. The number of nitrogens with two attached hydrogens (primary N) is 1. The van der Waals surface area contributed by atoms with Crippen molar-refractivity contribution in [2.45, 2.75) is 26.4 Å². The minimum atomic E-state index is -1.33. The van der Waals surface area contributed by atoms with Crippen molar-refractivity contribution in [3.05, 3.63) is 90.0 Å². The van der Waals surface area contributed by atoms with Gasteiger partial charge in [-0.3, -0.25) is 9.59 Å². The molecule has 0 aliphatic heterocycles. The van der Waals surface area contributed by atoms with Crippen LogP contribution in [0.5, 0.6) is 17.2 Å². The van der Waals surface area contributed by atoms with Crippen LogP contribution in [0.2, 0.25) is 0 Å². The Kier molecular flexibility index (Phi) is 6.60. The van der Waals surface area contributed by atoms with Crippen LogP contribution in [0.1, 0.15) is 30.9 Å². The summed E-state index contributed by atoms with van der Waals surface area (Å²) in [4.78, 5) is 23.5. The van der Waals surface area contributed by atoms with Gasteiger partial charge in [0.2, 0.25) is 5.91 Å². The largest absolute Gasteiger partial charge is 0.489 e. The maximum absolute atomic E-state index is 11.9. The van der Waals surface area contributed by atoms with Gasteiger partial charge < -0.3 is 20.3 Å². The summed E-state index contributed by atoms with van der Waals surface area (Å²) < 4.78 is 11.7. The summed E-state index contributed by atoms with van der Waals surface area (Å²) in [5.74, 6) is -0.668. The molecule has 3 rings (SSSR count). The Morgan fingerprint density at radius 2 is 1.55 bits per heavy atom. The molecule has 1 amide bonds. The molecule has 6 heteroatoms. The number of carboxylic acid groups (broad SMARTS) is 1. The van der Waals surface area contributed by atoms with Crippen LogP contribution < -0.4 is 15.2 Å². The molecule has 0 bridgehead atoms. The number of ether oxygens (including phenoxy) is 2. The van der Waals surface area contributed by atoms with E-state index in [2.05, 4.69) is 0 Å². The summed E-state index contributed by atoms with van der Waals surface area (Å²) in [5, 5.41) is 9.46. The van der Waals surface area contributed by atoms with E-state index in [4.69, 9.17) is 15.2 Å². The van der Waals surface area contributed by atoms with Crippen LogP contribution in [0, 0.1) is 5.41 Å². The van der Waals surface area contributed by atoms with Crippen LogP contribution in [0.25, 0.3) is 0 Å². The van der Waals surface area contributed by atoms with Gasteiger partial charge in [-0.2, -0.15) is 0 Å². The van der Waals surface area contributed by atoms with E-state index in [0.717, 1.165) is 11.3 Å². The van der Waals surface area contributed by atoms with Gasteiger partial charge in [0.1, 0.15) is 23.9 Å². The van der Waals surface area contributed by atoms with Crippen molar-refractivity contribution in [3.63, 3.8) is 0 Å². The zero-order valence-electron chi connectivity index (χ0n) is 17.4. The number of hydrogen-bond donors (Lipinski definition) is 2. The third-order valence-electron chi connectivity index (χ3n) is 5.05. The van der Waals surface area contributed by atoms with Gasteiger partial charge in [0, 0.05) is 0 Å². The van der Waals surface area contributed by atoms with E-state index < -0.39 is 23.2 Å². The molecule has 3 aromatic rings. The summed E-state index contributed by atoms with van der Waals surface area (Å²) in [5.41, 5.74) is 5.63. The van der Waals surface area contributed by atoms with E-state index in [1.54, 1.807) is 24.3 Å². The molecule has 6 nitrogen and oxygen atoms in total. The molecule has 3 aromatic carbocycles. The van der Waals surface area contributed by atoms with E-state index in [1.807, 2.05) is 54.6 Å². The van der Waals surface area contributed by atoms with Crippen molar-refractivity contribution in [1.29, 1.82) is 0 Å². The first-order valence-electron chi connectivity index (χ1n) is 9.84. The molecule has 0 aliphatic carbocycles. The van der Waals surface area contributed by atoms with Gasteiger partial charge in [0.15, 0.2) is 0 Å². The molecule has 160 valence electrons. The number of benzene rings is 3. The Morgan fingerprint density at radius 1 is 0.903 bits per heavy atom. The van der Waals surface area contributed by atoms with E-state index in [-0.39, 0.29) is 0 Å². The monoisotopic (exact) mass is 419 g/mol. The van der Waals surface area contributed by atoms with E-state index >= 15 is 0 Å². The molecule has 0 aliphatic rings. The first kappa shape index (κ1) is 21.9. The normalized spacial score (nSPS) is 12.1. The molecule has 0 saturated carbocycles. The number of amides is 1. The van der Waals surface area contributed by atoms with Crippen molar-refractivity contribution in [2.75, 3.05) is 0 Å². The molecular weight excluding hydrogens is 394 g/mol. The highest BCUT2D eigenvalue weighted by Gasteiger charge is 2.41. The number of carbonyl (C=O) groups excluding carboxylic acids is 1. The minimum Gasteiger partial charge on any atom is -0.489 e. The lowest BCUT2D eigenvalue weighted by molar-refractivity contribution is -0.150. The average molecular weight is 419 g/mol. The van der Waals surface area contributed by atoms with Gasteiger partial charge in [0.05, 0.1) is 11.3 Å². The highest BCUT2D eigenvalue weighted by molar-refractivity contribution is 5.90.